The van der Waals surface area contributed by atoms with Crippen molar-refractivity contribution in [2.75, 3.05) is 11.1 Å². The number of hydrogen-bond acceptors (Lipinski definition) is 6. The summed E-state index contributed by atoms with van der Waals surface area (Å²) in [5.41, 5.74) is 1.80. The summed E-state index contributed by atoms with van der Waals surface area (Å²) in [5.74, 6) is -0.319. The van der Waals surface area contributed by atoms with E-state index in [-0.39, 0.29) is 11.3 Å². The van der Waals surface area contributed by atoms with E-state index in [1.54, 1.807) is 12.1 Å². The summed E-state index contributed by atoms with van der Waals surface area (Å²) < 4.78 is 10.8. The Bertz CT molecular complexity index is 866. The van der Waals surface area contributed by atoms with Gasteiger partial charge in [-0.15, -0.1) is 11.8 Å². The molecule has 2 heterocycles. The SMILES string of the molecule is CCc1ccc(NC(=O)[C@H](C)OC(=O)[C@H]2CS[C@H](c3ccco3)N2C(C)=O)cc1. The van der Waals surface area contributed by atoms with Crippen LogP contribution in [0.5, 0.6) is 0 Å². The van der Waals surface area contributed by atoms with Gasteiger partial charge in [0.2, 0.25) is 5.91 Å². The van der Waals surface area contributed by atoms with Gasteiger partial charge in [0.05, 0.1) is 6.26 Å². The van der Waals surface area contributed by atoms with Gasteiger partial charge in [-0.25, -0.2) is 4.79 Å². The first kappa shape index (κ1) is 21.0. The number of benzene rings is 1. The molecular formula is C21H24N2O5S. The fraction of sp³-hybridized carbons (Fsp3) is 0.381. The Kier molecular flexibility index (Phi) is 6.64. The monoisotopic (exact) mass is 416 g/mol. The van der Waals surface area contributed by atoms with Gasteiger partial charge in [0.15, 0.2) is 6.10 Å². The average Bonchev–Trinajstić information content (AvgIpc) is 3.37. The van der Waals surface area contributed by atoms with Crippen molar-refractivity contribution in [2.45, 2.75) is 44.7 Å². The molecule has 154 valence electrons. The molecule has 2 amide bonds. The molecule has 29 heavy (non-hydrogen) atoms. The zero-order chi connectivity index (χ0) is 21.0. The smallest absolute Gasteiger partial charge is 0.330 e. The first-order valence-electron chi connectivity index (χ1n) is 9.45. The van der Waals surface area contributed by atoms with Crippen LogP contribution < -0.4 is 5.32 Å². The third-order valence-corrected chi connectivity index (χ3v) is 6.00. The molecule has 1 N–H and O–H groups in total. The molecule has 7 nitrogen and oxygen atoms in total. The van der Waals surface area contributed by atoms with Crippen LogP contribution in [-0.4, -0.2) is 40.6 Å². The van der Waals surface area contributed by atoms with Crippen molar-refractivity contribution in [1.29, 1.82) is 0 Å². The van der Waals surface area contributed by atoms with Crippen LogP contribution in [0.1, 0.15) is 37.5 Å². The number of aryl methyl sites for hydroxylation is 1. The van der Waals surface area contributed by atoms with Crippen LogP contribution in [0.25, 0.3) is 0 Å². The van der Waals surface area contributed by atoms with Gasteiger partial charge in [0, 0.05) is 18.4 Å². The van der Waals surface area contributed by atoms with Crippen LogP contribution >= 0.6 is 11.8 Å². The highest BCUT2D eigenvalue weighted by molar-refractivity contribution is 7.99. The molecule has 2 aromatic rings. The summed E-state index contributed by atoms with van der Waals surface area (Å²) in [4.78, 5) is 38.7. The maximum absolute atomic E-state index is 12.7. The third-order valence-electron chi connectivity index (χ3n) is 4.71. The fourth-order valence-corrected chi connectivity index (χ4v) is 4.51. The number of rotatable bonds is 6. The van der Waals surface area contributed by atoms with E-state index in [0.29, 0.717) is 17.2 Å². The molecule has 0 saturated carbocycles. The van der Waals surface area contributed by atoms with Gasteiger partial charge >= 0.3 is 5.97 Å². The normalized spacial score (nSPS) is 19.6. The topological polar surface area (TPSA) is 88.8 Å². The number of furan rings is 1. The maximum atomic E-state index is 12.7. The third kappa shape index (κ3) is 4.82. The molecule has 1 saturated heterocycles. The highest BCUT2D eigenvalue weighted by Gasteiger charge is 2.43. The molecule has 1 aliphatic rings. The van der Waals surface area contributed by atoms with Gasteiger partial charge < -0.3 is 19.4 Å². The molecule has 0 unspecified atom stereocenters. The second-order valence-electron chi connectivity index (χ2n) is 6.76. The van der Waals surface area contributed by atoms with E-state index < -0.39 is 24.0 Å². The highest BCUT2D eigenvalue weighted by atomic mass is 32.2. The molecule has 1 aromatic carbocycles. The lowest BCUT2D eigenvalue weighted by Gasteiger charge is -2.26. The van der Waals surface area contributed by atoms with Crippen molar-refractivity contribution in [3.05, 3.63) is 54.0 Å². The summed E-state index contributed by atoms with van der Waals surface area (Å²) in [7, 11) is 0. The molecule has 1 aromatic heterocycles. The van der Waals surface area contributed by atoms with Gasteiger partial charge in [-0.1, -0.05) is 19.1 Å². The molecule has 0 radical (unpaired) electrons. The van der Waals surface area contributed by atoms with E-state index in [4.69, 9.17) is 9.15 Å². The van der Waals surface area contributed by atoms with Gasteiger partial charge in [-0.2, -0.15) is 0 Å². The summed E-state index contributed by atoms with van der Waals surface area (Å²) in [6.45, 7) is 4.97. The molecule has 0 bridgehead atoms. The van der Waals surface area contributed by atoms with Gasteiger partial charge in [-0.3, -0.25) is 9.59 Å². The fourth-order valence-electron chi connectivity index (χ4n) is 3.10. The number of amides is 2. The van der Waals surface area contributed by atoms with Crippen LogP contribution in [0.2, 0.25) is 0 Å². The van der Waals surface area contributed by atoms with E-state index >= 15 is 0 Å². The van der Waals surface area contributed by atoms with Crippen molar-refractivity contribution in [1.82, 2.24) is 4.90 Å². The minimum Gasteiger partial charge on any atom is -0.466 e. The van der Waals surface area contributed by atoms with Crippen LogP contribution in [0.4, 0.5) is 5.69 Å². The minimum atomic E-state index is -0.991. The van der Waals surface area contributed by atoms with Crippen molar-refractivity contribution in [3.63, 3.8) is 0 Å². The summed E-state index contributed by atoms with van der Waals surface area (Å²) in [5, 5.41) is 2.35. The quantitative estimate of drug-likeness (QED) is 0.727. The maximum Gasteiger partial charge on any atom is 0.330 e. The lowest BCUT2D eigenvalue weighted by molar-refractivity contribution is -0.160. The van der Waals surface area contributed by atoms with E-state index in [9.17, 15) is 14.4 Å². The number of esters is 1. The Morgan fingerprint density at radius 2 is 2.00 bits per heavy atom. The van der Waals surface area contributed by atoms with E-state index in [0.717, 1.165) is 12.0 Å². The Morgan fingerprint density at radius 1 is 1.28 bits per heavy atom. The van der Waals surface area contributed by atoms with Gasteiger partial charge in [-0.05, 0) is 43.2 Å². The molecule has 0 aliphatic carbocycles. The number of ether oxygens (including phenoxy) is 1. The number of thioether (sulfide) groups is 1. The highest BCUT2D eigenvalue weighted by Crippen LogP contribution is 2.41. The minimum absolute atomic E-state index is 0.258. The van der Waals surface area contributed by atoms with E-state index in [2.05, 4.69) is 12.2 Å². The first-order valence-corrected chi connectivity index (χ1v) is 10.5. The molecule has 8 heteroatoms. The lowest BCUT2D eigenvalue weighted by atomic mass is 10.1. The Balaban J connectivity index is 1.62. The molecular weight excluding hydrogens is 392 g/mol. The number of carbonyl (C=O) groups is 3. The molecule has 1 fully saturated rings. The molecule has 3 rings (SSSR count). The predicted molar refractivity (Wildman–Crippen MR) is 110 cm³/mol. The predicted octanol–water partition coefficient (Wildman–Crippen LogP) is 3.37. The van der Waals surface area contributed by atoms with Crippen LogP contribution in [0.15, 0.2) is 47.1 Å². The van der Waals surface area contributed by atoms with Gasteiger partial charge in [0.25, 0.3) is 5.91 Å². The largest absolute Gasteiger partial charge is 0.466 e. The van der Waals surface area contributed by atoms with Crippen molar-refractivity contribution < 1.29 is 23.5 Å². The average molecular weight is 416 g/mol. The Labute approximate surface area is 173 Å². The number of nitrogens with zero attached hydrogens (tertiary/aromatic N) is 1. The zero-order valence-corrected chi connectivity index (χ0v) is 17.4. The second-order valence-corrected chi connectivity index (χ2v) is 7.88. The standard InChI is InChI=1S/C21H24N2O5S/c1-4-15-7-9-16(10-8-15)22-19(25)13(2)28-21(26)17-12-29-20(23(17)14(3)24)18-6-5-11-27-18/h5-11,13,17,20H,4,12H2,1-3H3,(H,22,25)/t13-,17+,20+/m0/s1. The van der Waals surface area contributed by atoms with E-state index in [1.165, 1.54) is 36.8 Å². The summed E-state index contributed by atoms with van der Waals surface area (Å²) >= 11 is 1.42. The Morgan fingerprint density at radius 3 is 2.59 bits per heavy atom. The van der Waals surface area contributed by atoms with Crippen molar-refractivity contribution in [3.8, 4) is 0 Å². The second kappa shape index (κ2) is 9.17. The molecule has 3 atom stereocenters. The first-order chi connectivity index (χ1) is 13.9. The summed E-state index contributed by atoms with van der Waals surface area (Å²) in [6.07, 6.45) is 1.45. The number of anilines is 1. The number of nitrogens with one attached hydrogen (secondary N) is 1. The van der Waals surface area contributed by atoms with E-state index in [1.807, 2.05) is 24.3 Å². The zero-order valence-electron chi connectivity index (χ0n) is 16.6. The Hall–Kier alpha value is -2.74. The lowest BCUT2D eigenvalue weighted by Crippen LogP contribution is -2.44. The summed E-state index contributed by atoms with van der Waals surface area (Å²) in [6, 6.07) is 10.2. The van der Waals surface area contributed by atoms with Gasteiger partial charge in [0.1, 0.15) is 17.2 Å². The molecule has 0 spiro atoms. The van der Waals surface area contributed by atoms with Crippen molar-refractivity contribution in [2.24, 2.45) is 0 Å². The molecule has 1 aliphatic heterocycles. The number of carbonyl (C=O) groups excluding carboxylic acids is 3. The van der Waals surface area contributed by atoms with Crippen molar-refractivity contribution >= 4 is 35.2 Å². The van der Waals surface area contributed by atoms with Crippen LogP contribution in [-0.2, 0) is 25.5 Å². The number of hydrogen-bond donors (Lipinski definition) is 1. The van der Waals surface area contributed by atoms with Crippen LogP contribution in [0, 0.1) is 0 Å². The van der Waals surface area contributed by atoms with Crippen LogP contribution in [0.3, 0.4) is 0 Å².